The lowest BCUT2D eigenvalue weighted by molar-refractivity contribution is 0.552. The van der Waals surface area contributed by atoms with Crippen LogP contribution in [0.15, 0.2) is 23.6 Å². The number of nitrogens with one attached hydrogen (secondary N) is 2. The molecule has 20 heavy (non-hydrogen) atoms. The van der Waals surface area contributed by atoms with Crippen LogP contribution in [0.2, 0.25) is 10.0 Å². The van der Waals surface area contributed by atoms with Crippen LogP contribution in [-0.4, -0.2) is 12.0 Å². The SMILES string of the molecule is CNc1nc(NC(c2cccs2)C(C)C)c(Cl)cc1Cl. The van der Waals surface area contributed by atoms with Crippen molar-refractivity contribution in [1.29, 1.82) is 0 Å². The van der Waals surface area contributed by atoms with Crippen molar-refractivity contribution >= 4 is 46.2 Å². The Labute approximate surface area is 133 Å². The molecule has 0 amide bonds. The summed E-state index contributed by atoms with van der Waals surface area (Å²) < 4.78 is 0. The number of nitrogens with zero attached hydrogens (tertiary/aromatic N) is 1. The lowest BCUT2D eigenvalue weighted by atomic mass is 10.0. The van der Waals surface area contributed by atoms with Gasteiger partial charge < -0.3 is 10.6 Å². The molecule has 1 unspecified atom stereocenters. The third kappa shape index (κ3) is 3.37. The molecule has 0 radical (unpaired) electrons. The highest BCUT2D eigenvalue weighted by Gasteiger charge is 2.19. The van der Waals surface area contributed by atoms with Gasteiger partial charge in [-0.1, -0.05) is 43.1 Å². The molecule has 2 aromatic heterocycles. The molecule has 2 aromatic rings. The van der Waals surface area contributed by atoms with Gasteiger partial charge in [-0.05, 0) is 23.4 Å². The van der Waals surface area contributed by atoms with E-state index in [0.29, 0.717) is 27.6 Å². The van der Waals surface area contributed by atoms with Gasteiger partial charge in [0.15, 0.2) is 0 Å². The second-order valence-corrected chi connectivity index (χ2v) is 6.57. The number of anilines is 2. The van der Waals surface area contributed by atoms with Crippen molar-refractivity contribution in [3.05, 3.63) is 38.5 Å². The highest BCUT2D eigenvalue weighted by atomic mass is 35.5. The summed E-state index contributed by atoms with van der Waals surface area (Å²) in [6.07, 6.45) is 0. The molecule has 0 fully saturated rings. The highest BCUT2D eigenvalue weighted by Crippen LogP contribution is 2.34. The minimum absolute atomic E-state index is 0.172. The van der Waals surface area contributed by atoms with E-state index < -0.39 is 0 Å². The topological polar surface area (TPSA) is 37.0 Å². The van der Waals surface area contributed by atoms with E-state index in [4.69, 9.17) is 23.2 Å². The average Bonchev–Trinajstić information content (AvgIpc) is 2.91. The van der Waals surface area contributed by atoms with E-state index in [9.17, 15) is 0 Å². The first kappa shape index (κ1) is 15.4. The van der Waals surface area contributed by atoms with Crippen molar-refractivity contribution in [2.45, 2.75) is 19.9 Å². The quantitative estimate of drug-likeness (QED) is 0.781. The summed E-state index contributed by atoms with van der Waals surface area (Å²) >= 11 is 14.0. The monoisotopic (exact) mass is 329 g/mol. The summed E-state index contributed by atoms with van der Waals surface area (Å²) in [5.74, 6) is 1.68. The standard InChI is InChI=1S/C14H17Cl2N3S/c1-8(2)12(11-5-4-6-20-11)18-14-10(16)7-9(15)13(17-3)19-14/h4-8,12H,1-3H3,(H2,17,18,19). The Hall–Kier alpha value is -0.970. The van der Waals surface area contributed by atoms with Crippen molar-refractivity contribution in [3.63, 3.8) is 0 Å². The molecule has 2 heterocycles. The summed E-state index contributed by atoms with van der Waals surface area (Å²) in [6, 6.07) is 6.04. The lowest BCUT2D eigenvalue weighted by Crippen LogP contribution is -2.17. The molecule has 0 saturated carbocycles. The van der Waals surface area contributed by atoms with Crippen LogP contribution < -0.4 is 10.6 Å². The van der Waals surface area contributed by atoms with E-state index in [1.807, 2.05) is 6.07 Å². The maximum Gasteiger partial charge on any atom is 0.147 e. The normalized spacial score (nSPS) is 12.5. The summed E-state index contributed by atoms with van der Waals surface area (Å²) in [7, 11) is 1.78. The van der Waals surface area contributed by atoms with Crippen LogP contribution in [0, 0.1) is 5.92 Å². The number of pyridine rings is 1. The Balaban J connectivity index is 2.32. The number of rotatable bonds is 5. The average molecular weight is 330 g/mol. The van der Waals surface area contributed by atoms with Crippen LogP contribution in [0.4, 0.5) is 11.6 Å². The van der Waals surface area contributed by atoms with Crippen molar-refractivity contribution < 1.29 is 0 Å². The number of hydrogen-bond donors (Lipinski definition) is 2. The fraction of sp³-hybridized carbons (Fsp3) is 0.357. The molecule has 1 atom stereocenters. The van der Waals surface area contributed by atoms with E-state index in [1.165, 1.54) is 4.88 Å². The van der Waals surface area contributed by atoms with Gasteiger partial charge in [0, 0.05) is 11.9 Å². The Bertz CT molecular complexity index is 570. The Morgan fingerprint density at radius 1 is 1.20 bits per heavy atom. The summed E-state index contributed by atoms with van der Waals surface area (Å²) in [4.78, 5) is 5.70. The van der Waals surface area contributed by atoms with Gasteiger partial charge in [-0.3, -0.25) is 0 Å². The third-order valence-corrected chi connectivity index (χ3v) is 4.51. The van der Waals surface area contributed by atoms with E-state index in [0.717, 1.165) is 0 Å². The number of hydrogen-bond acceptors (Lipinski definition) is 4. The van der Waals surface area contributed by atoms with Crippen LogP contribution >= 0.6 is 34.5 Å². The Kier molecular flexibility index (Phi) is 5.13. The van der Waals surface area contributed by atoms with Crippen molar-refractivity contribution in [2.75, 3.05) is 17.7 Å². The minimum Gasteiger partial charge on any atom is -0.372 e. The molecule has 108 valence electrons. The smallest absolute Gasteiger partial charge is 0.147 e. The van der Waals surface area contributed by atoms with Gasteiger partial charge in [0.2, 0.25) is 0 Å². The van der Waals surface area contributed by atoms with Crippen LogP contribution in [0.25, 0.3) is 0 Å². The van der Waals surface area contributed by atoms with Gasteiger partial charge in [0.25, 0.3) is 0 Å². The molecule has 0 aliphatic heterocycles. The largest absolute Gasteiger partial charge is 0.372 e. The van der Waals surface area contributed by atoms with Crippen molar-refractivity contribution in [3.8, 4) is 0 Å². The molecule has 0 spiro atoms. The van der Waals surface area contributed by atoms with Gasteiger partial charge in [-0.15, -0.1) is 11.3 Å². The van der Waals surface area contributed by atoms with Gasteiger partial charge >= 0.3 is 0 Å². The molecule has 6 heteroatoms. The second-order valence-electron chi connectivity index (χ2n) is 4.78. The molecular formula is C14H17Cl2N3S. The second kappa shape index (κ2) is 6.66. The van der Waals surface area contributed by atoms with Crippen LogP contribution in [-0.2, 0) is 0 Å². The Morgan fingerprint density at radius 3 is 2.45 bits per heavy atom. The van der Waals surface area contributed by atoms with Crippen molar-refractivity contribution in [1.82, 2.24) is 4.98 Å². The molecule has 0 aliphatic rings. The number of aromatic nitrogens is 1. The van der Waals surface area contributed by atoms with Gasteiger partial charge in [0.05, 0.1) is 16.1 Å². The first-order chi connectivity index (χ1) is 9.52. The lowest BCUT2D eigenvalue weighted by Gasteiger charge is -2.23. The zero-order valence-corrected chi connectivity index (χ0v) is 13.9. The maximum atomic E-state index is 6.23. The fourth-order valence-corrected chi connectivity index (χ4v) is 3.38. The van der Waals surface area contributed by atoms with Crippen molar-refractivity contribution in [2.24, 2.45) is 5.92 Å². The fourth-order valence-electron chi connectivity index (χ4n) is 1.92. The molecule has 3 nitrogen and oxygen atoms in total. The molecular weight excluding hydrogens is 313 g/mol. The number of halogens is 2. The minimum atomic E-state index is 0.172. The van der Waals surface area contributed by atoms with Crippen LogP contribution in [0.3, 0.4) is 0 Å². The highest BCUT2D eigenvalue weighted by molar-refractivity contribution is 7.10. The number of thiophene rings is 1. The Morgan fingerprint density at radius 2 is 1.90 bits per heavy atom. The zero-order valence-electron chi connectivity index (χ0n) is 11.6. The molecule has 0 aliphatic carbocycles. The molecule has 0 saturated heterocycles. The maximum absolute atomic E-state index is 6.23. The molecule has 0 aromatic carbocycles. The first-order valence-electron chi connectivity index (χ1n) is 6.36. The predicted molar refractivity (Wildman–Crippen MR) is 89.3 cm³/mol. The third-order valence-electron chi connectivity index (χ3n) is 2.97. The first-order valence-corrected chi connectivity index (χ1v) is 8.00. The summed E-state index contributed by atoms with van der Waals surface area (Å²) in [5, 5.41) is 9.49. The van der Waals surface area contributed by atoms with Gasteiger partial charge in [-0.2, -0.15) is 0 Å². The van der Waals surface area contributed by atoms with E-state index in [2.05, 4.69) is 40.9 Å². The summed E-state index contributed by atoms with van der Waals surface area (Å²) in [6.45, 7) is 4.33. The molecule has 2 rings (SSSR count). The van der Waals surface area contributed by atoms with E-state index in [-0.39, 0.29) is 6.04 Å². The molecule has 2 N–H and O–H groups in total. The van der Waals surface area contributed by atoms with E-state index >= 15 is 0 Å². The van der Waals surface area contributed by atoms with Gasteiger partial charge in [0.1, 0.15) is 11.6 Å². The predicted octanol–water partition coefficient (Wildman–Crippen LogP) is 5.30. The van der Waals surface area contributed by atoms with Gasteiger partial charge in [-0.25, -0.2) is 4.98 Å². The van der Waals surface area contributed by atoms with E-state index in [1.54, 1.807) is 24.5 Å². The van der Waals surface area contributed by atoms with Crippen LogP contribution in [0.5, 0.6) is 0 Å². The van der Waals surface area contributed by atoms with Crippen LogP contribution in [0.1, 0.15) is 24.8 Å². The molecule has 0 bridgehead atoms. The zero-order chi connectivity index (χ0) is 14.7. The summed E-state index contributed by atoms with van der Waals surface area (Å²) in [5.41, 5.74) is 0.